The Bertz CT molecular complexity index is 294. The summed E-state index contributed by atoms with van der Waals surface area (Å²) < 4.78 is 9.55. The van der Waals surface area contributed by atoms with Crippen LogP contribution in [0.1, 0.15) is 13.8 Å². The van der Waals surface area contributed by atoms with Crippen molar-refractivity contribution < 1.29 is 19.1 Å². The summed E-state index contributed by atoms with van der Waals surface area (Å²) in [6, 6.07) is 0. The largest absolute Gasteiger partial charge is 0.458 e. The molecule has 0 aliphatic rings. The highest BCUT2D eigenvalue weighted by molar-refractivity contribution is 5.87. The minimum atomic E-state index is -0.441. The summed E-state index contributed by atoms with van der Waals surface area (Å²) >= 11 is 0. The molecule has 0 atom stereocenters. The van der Waals surface area contributed by atoms with E-state index in [1.54, 1.807) is 26.0 Å². The highest BCUT2D eigenvalue weighted by atomic mass is 16.5. The molecule has 0 unspecified atom stereocenters. The van der Waals surface area contributed by atoms with Crippen LogP contribution >= 0.6 is 0 Å². The second-order valence-electron chi connectivity index (χ2n) is 3.23. The Balaban J connectivity index is 3.64. The third-order valence-electron chi connectivity index (χ3n) is 1.48. The van der Waals surface area contributed by atoms with Crippen molar-refractivity contribution in [3.8, 4) is 0 Å². The van der Waals surface area contributed by atoms with Gasteiger partial charge in [0.2, 0.25) is 0 Å². The van der Waals surface area contributed by atoms with Crippen LogP contribution in [-0.2, 0) is 19.1 Å². The van der Waals surface area contributed by atoms with Gasteiger partial charge in [-0.25, -0.2) is 9.59 Å². The average molecular weight is 224 g/mol. The molecule has 0 rings (SSSR count). The molecule has 4 nitrogen and oxygen atoms in total. The molecule has 0 radical (unpaired) electrons. The molecule has 0 aliphatic carbocycles. The summed E-state index contributed by atoms with van der Waals surface area (Å²) in [4.78, 5) is 21.8. The molecule has 0 heterocycles. The van der Waals surface area contributed by atoms with Gasteiger partial charge in [-0.15, -0.1) is 0 Å². The lowest BCUT2D eigenvalue weighted by Crippen LogP contribution is -2.06. The van der Waals surface area contributed by atoms with Crippen LogP contribution in [0, 0.1) is 0 Å². The lowest BCUT2D eigenvalue weighted by atomic mass is 10.4. The third-order valence-corrected chi connectivity index (χ3v) is 1.48. The Hall–Kier alpha value is -1.84. The first-order valence-electron chi connectivity index (χ1n) is 4.75. The molecule has 0 aliphatic heterocycles. The maximum atomic E-state index is 10.9. The predicted octanol–water partition coefficient (Wildman–Crippen LogP) is 1.78. The summed E-state index contributed by atoms with van der Waals surface area (Å²) in [6.45, 7) is 10.3. The summed E-state index contributed by atoms with van der Waals surface area (Å²) in [5, 5.41) is 0. The second kappa shape index (κ2) is 7.45. The SMILES string of the molecule is C=C(C)C(=O)OC/C=C\COC(=O)C(=C)C. The number of hydrogen-bond donors (Lipinski definition) is 0. The van der Waals surface area contributed by atoms with Crippen LogP contribution in [0.2, 0.25) is 0 Å². The van der Waals surface area contributed by atoms with Gasteiger partial charge >= 0.3 is 11.9 Å². The third kappa shape index (κ3) is 6.59. The van der Waals surface area contributed by atoms with E-state index in [0.29, 0.717) is 11.1 Å². The van der Waals surface area contributed by atoms with Gasteiger partial charge in [0.05, 0.1) is 0 Å². The van der Waals surface area contributed by atoms with Crippen LogP contribution in [0.25, 0.3) is 0 Å². The molecule has 0 N–H and O–H groups in total. The Labute approximate surface area is 95.2 Å². The van der Waals surface area contributed by atoms with Gasteiger partial charge in [-0.1, -0.05) is 13.2 Å². The minimum Gasteiger partial charge on any atom is -0.458 e. The summed E-state index contributed by atoms with van der Waals surface area (Å²) in [7, 11) is 0. The van der Waals surface area contributed by atoms with E-state index in [1.807, 2.05) is 0 Å². The van der Waals surface area contributed by atoms with E-state index >= 15 is 0 Å². The Kier molecular flexibility index (Phi) is 6.59. The van der Waals surface area contributed by atoms with Crippen molar-refractivity contribution >= 4 is 11.9 Å². The monoisotopic (exact) mass is 224 g/mol. The zero-order valence-electron chi connectivity index (χ0n) is 9.62. The van der Waals surface area contributed by atoms with Crippen LogP contribution in [0.5, 0.6) is 0 Å². The normalized spacial score (nSPS) is 9.88. The highest BCUT2D eigenvalue weighted by Crippen LogP contribution is 1.93. The molecule has 88 valence electrons. The first-order chi connectivity index (χ1) is 7.45. The van der Waals surface area contributed by atoms with Gasteiger partial charge in [0, 0.05) is 11.1 Å². The molecule has 0 bridgehead atoms. The molecule has 0 spiro atoms. The van der Waals surface area contributed by atoms with E-state index in [-0.39, 0.29) is 13.2 Å². The number of rotatable bonds is 6. The Morgan fingerprint density at radius 1 is 0.938 bits per heavy atom. The van der Waals surface area contributed by atoms with Crippen molar-refractivity contribution in [1.82, 2.24) is 0 Å². The number of ether oxygens (including phenoxy) is 2. The predicted molar refractivity (Wildman–Crippen MR) is 60.7 cm³/mol. The van der Waals surface area contributed by atoms with E-state index in [9.17, 15) is 9.59 Å². The van der Waals surface area contributed by atoms with Gasteiger partial charge in [0.1, 0.15) is 13.2 Å². The van der Waals surface area contributed by atoms with Crippen molar-refractivity contribution in [3.63, 3.8) is 0 Å². The van der Waals surface area contributed by atoms with Gasteiger partial charge in [0.15, 0.2) is 0 Å². The van der Waals surface area contributed by atoms with Crippen molar-refractivity contribution in [2.75, 3.05) is 13.2 Å². The topological polar surface area (TPSA) is 52.6 Å². The lowest BCUT2D eigenvalue weighted by Gasteiger charge is -2.01. The molecule has 0 amide bonds. The lowest BCUT2D eigenvalue weighted by molar-refractivity contribution is -0.139. The fourth-order valence-electron chi connectivity index (χ4n) is 0.630. The van der Waals surface area contributed by atoms with E-state index in [2.05, 4.69) is 13.2 Å². The van der Waals surface area contributed by atoms with Crippen LogP contribution < -0.4 is 0 Å². The molecule has 0 fully saturated rings. The van der Waals surface area contributed by atoms with E-state index < -0.39 is 11.9 Å². The average Bonchev–Trinajstić information content (AvgIpc) is 2.21. The van der Waals surface area contributed by atoms with Gasteiger partial charge in [-0.3, -0.25) is 0 Å². The van der Waals surface area contributed by atoms with Crippen molar-refractivity contribution in [2.24, 2.45) is 0 Å². The quantitative estimate of drug-likeness (QED) is 0.392. The van der Waals surface area contributed by atoms with Crippen LogP contribution in [0.15, 0.2) is 36.5 Å². The first kappa shape index (κ1) is 14.2. The van der Waals surface area contributed by atoms with Crippen LogP contribution in [-0.4, -0.2) is 25.2 Å². The smallest absolute Gasteiger partial charge is 0.333 e. The molecule has 0 saturated carbocycles. The van der Waals surface area contributed by atoms with Crippen molar-refractivity contribution in [3.05, 3.63) is 36.5 Å². The van der Waals surface area contributed by atoms with E-state index in [0.717, 1.165) is 0 Å². The Morgan fingerprint density at radius 2 is 1.25 bits per heavy atom. The maximum absolute atomic E-state index is 10.9. The molecule has 4 heteroatoms. The van der Waals surface area contributed by atoms with E-state index in [4.69, 9.17) is 9.47 Å². The standard InChI is InChI=1S/C12H16O4/c1-9(2)11(13)15-7-5-6-8-16-12(14)10(3)4/h5-6H,1,3,7-8H2,2,4H3/b6-5-. The zero-order chi connectivity index (χ0) is 12.6. The van der Waals surface area contributed by atoms with Crippen molar-refractivity contribution in [1.29, 1.82) is 0 Å². The number of esters is 2. The molecular weight excluding hydrogens is 208 g/mol. The molecule has 0 aromatic rings. The van der Waals surface area contributed by atoms with Gasteiger partial charge < -0.3 is 9.47 Å². The number of carbonyl (C=O) groups excluding carboxylic acids is 2. The summed E-state index contributed by atoms with van der Waals surface area (Å²) in [5.74, 6) is -0.882. The van der Waals surface area contributed by atoms with Crippen LogP contribution in [0.3, 0.4) is 0 Å². The molecule has 0 aromatic carbocycles. The Morgan fingerprint density at radius 3 is 1.50 bits per heavy atom. The fraction of sp³-hybridized carbons (Fsp3) is 0.333. The zero-order valence-corrected chi connectivity index (χ0v) is 9.62. The van der Waals surface area contributed by atoms with Gasteiger partial charge in [-0.2, -0.15) is 0 Å². The summed E-state index contributed by atoms with van der Waals surface area (Å²) in [6.07, 6.45) is 3.18. The van der Waals surface area contributed by atoms with Crippen LogP contribution in [0.4, 0.5) is 0 Å². The molecule has 0 aromatic heterocycles. The first-order valence-corrected chi connectivity index (χ1v) is 4.75. The fourth-order valence-corrected chi connectivity index (χ4v) is 0.630. The van der Waals surface area contributed by atoms with E-state index in [1.165, 1.54) is 0 Å². The summed E-state index contributed by atoms with van der Waals surface area (Å²) in [5.41, 5.74) is 0.698. The van der Waals surface area contributed by atoms with Crippen molar-refractivity contribution in [2.45, 2.75) is 13.8 Å². The molecular formula is C12H16O4. The maximum Gasteiger partial charge on any atom is 0.333 e. The van der Waals surface area contributed by atoms with Gasteiger partial charge in [-0.05, 0) is 26.0 Å². The highest BCUT2D eigenvalue weighted by Gasteiger charge is 2.01. The van der Waals surface area contributed by atoms with Gasteiger partial charge in [0.25, 0.3) is 0 Å². The number of hydrogen-bond acceptors (Lipinski definition) is 4. The molecule has 0 saturated heterocycles. The number of carbonyl (C=O) groups is 2. The molecule has 16 heavy (non-hydrogen) atoms. The second-order valence-corrected chi connectivity index (χ2v) is 3.23. The minimum absolute atomic E-state index is 0.135.